The fraction of sp³-hybridized carbons (Fsp3) is 0.600. The molecule has 2 amide bonds. The minimum Gasteiger partial charge on any atom is -0.496 e. The first-order valence-electron chi connectivity index (χ1n) is 9.48. The van der Waals surface area contributed by atoms with Gasteiger partial charge in [-0.1, -0.05) is 24.9 Å². The Morgan fingerprint density at radius 2 is 2.00 bits per heavy atom. The highest BCUT2D eigenvalue weighted by atomic mass is 35.5. The molecular weight excluding hydrogens is 352 g/mol. The van der Waals surface area contributed by atoms with E-state index in [9.17, 15) is 9.59 Å². The molecule has 2 heterocycles. The van der Waals surface area contributed by atoms with Crippen molar-refractivity contribution in [2.75, 3.05) is 26.7 Å². The maximum absolute atomic E-state index is 13.1. The van der Waals surface area contributed by atoms with Gasteiger partial charge in [0.05, 0.1) is 12.7 Å². The molecule has 0 radical (unpaired) electrons. The lowest BCUT2D eigenvalue weighted by atomic mass is 9.95. The third kappa shape index (κ3) is 3.83. The second kappa shape index (κ2) is 8.30. The Hall–Kier alpha value is -1.75. The third-order valence-electron chi connectivity index (χ3n) is 5.60. The number of benzene rings is 1. The minimum atomic E-state index is -0.373. The first-order chi connectivity index (χ1) is 12.5. The number of carbonyl (C=O) groups excluding carboxylic acids is 2. The van der Waals surface area contributed by atoms with E-state index in [0.29, 0.717) is 28.8 Å². The number of hydrogen-bond donors (Lipinski definition) is 0. The zero-order chi connectivity index (χ0) is 18.7. The molecule has 0 spiro atoms. The summed E-state index contributed by atoms with van der Waals surface area (Å²) in [5.41, 5.74) is 0.421. The Bertz CT molecular complexity index is 679. The predicted molar refractivity (Wildman–Crippen MR) is 102 cm³/mol. The van der Waals surface area contributed by atoms with Crippen molar-refractivity contribution in [2.24, 2.45) is 5.92 Å². The molecule has 1 aromatic carbocycles. The second-order valence-electron chi connectivity index (χ2n) is 7.20. The number of hydrogen-bond acceptors (Lipinski definition) is 3. The summed E-state index contributed by atoms with van der Waals surface area (Å²) >= 11 is 6.08. The van der Waals surface area contributed by atoms with Gasteiger partial charge in [0.2, 0.25) is 5.91 Å². The van der Waals surface area contributed by atoms with Crippen LogP contribution in [-0.2, 0) is 4.79 Å². The van der Waals surface area contributed by atoms with Gasteiger partial charge in [-0.2, -0.15) is 0 Å². The zero-order valence-corrected chi connectivity index (χ0v) is 16.3. The van der Waals surface area contributed by atoms with Gasteiger partial charge in [-0.15, -0.1) is 0 Å². The van der Waals surface area contributed by atoms with Gasteiger partial charge in [-0.25, -0.2) is 0 Å². The van der Waals surface area contributed by atoms with Gasteiger partial charge in [-0.3, -0.25) is 9.59 Å². The molecule has 142 valence electrons. The number of rotatable bonds is 4. The molecule has 26 heavy (non-hydrogen) atoms. The minimum absolute atomic E-state index is 0.0926. The van der Waals surface area contributed by atoms with E-state index < -0.39 is 0 Å². The van der Waals surface area contributed by atoms with E-state index in [4.69, 9.17) is 16.3 Å². The molecule has 0 N–H and O–H groups in total. The van der Waals surface area contributed by atoms with E-state index >= 15 is 0 Å². The van der Waals surface area contributed by atoms with Crippen molar-refractivity contribution in [3.8, 4) is 5.75 Å². The van der Waals surface area contributed by atoms with E-state index in [0.717, 1.165) is 38.8 Å². The summed E-state index contributed by atoms with van der Waals surface area (Å²) in [4.78, 5) is 29.9. The highest BCUT2D eigenvalue weighted by molar-refractivity contribution is 6.31. The van der Waals surface area contributed by atoms with Gasteiger partial charge >= 0.3 is 0 Å². The molecule has 2 aliphatic rings. The molecule has 5 nitrogen and oxygen atoms in total. The van der Waals surface area contributed by atoms with E-state index in [-0.39, 0.29) is 17.9 Å². The first-order valence-corrected chi connectivity index (χ1v) is 9.86. The first kappa shape index (κ1) is 19.0. The van der Waals surface area contributed by atoms with Gasteiger partial charge in [0.25, 0.3) is 5.91 Å². The van der Waals surface area contributed by atoms with Crippen molar-refractivity contribution < 1.29 is 14.3 Å². The fourth-order valence-corrected chi connectivity index (χ4v) is 4.25. The van der Waals surface area contributed by atoms with E-state index in [1.54, 1.807) is 23.1 Å². The lowest BCUT2D eigenvalue weighted by Crippen LogP contribution is -2.50. The van der Waals surface area contributed by atoms with Gasteiger partial charge in [-0.05, 0) is 49.8 Å². The quantitative estimate of drug-likeness (QED) is 0.804. The Morgan fingerprint density at radius 3 is 2.73 bits per heavy atom. The number of carbonyl (C=O) groups is 2. The van der Waals surface area contributed by atoms with Crippen molar-refractivity contribution in [3.05, 3.63) is 28.8 Å². The van der Waals surface area contributed by atoms with Crippen molar-refractivity contribution >= 4 is 23.4 Å². The van der Waals surface area contributed by atoms with Crippen LogP contribution in [0.15, 0.2) is 18.2 Å². The molecular formula is C20H27ClN2O3. The monoisotopic (exact) mass is 378 g/mol. The molecule has 2 atom stereocenters. The molecule has 6 heteroatoms. The van der Waals surface area contributed by atoms with Crippen molar-refractivity contribution in [3.63, 3.8) is 0 Å². The number of methoxy groups -OCH3 is 1. The predicted octanol–water partition coefficient (Wildman–Crippen LogP) is 3.60. The normalized spacial score (nSPS) is 23.2. The summed E-state index contributed by atoms with van der Waals surface area (Å²) in [6, 6.07) is 4.64. The van der Waals surface area contributed by atoms with Gasteiger partial charge in [0.1, 0.15) is 11.8 Å². The molecule has 0 bridgehead atoms. The number of nitrogens with zero attached hydrogens (tertiary/aromatic N) is 2. The number of likely N-dealkylation sites (tertiary alicyclic amines) is 2. The second-order valence-corrected chi connectivity index (χ2v) is 7.64. The Kier molecular flexibility index (Phi) is 6.07. The highest BCUT2D eigenvalue weighted by Gasteiger charge is 2.38. The lowest BCUT2D eigenvalue weighted by molar-refractivity contribution is -0.137. The number of amides is 2. The number of ether oxygens (including phenoxy) is 1. The molecule has 2 fully saturated rings. The van der Waals surface area contributed by atoms with Crippen molar-refractivity contribution in [1.82, 2.24) is 9.80 Å². The standard InChI is InChI=1S/C20H27ClN2O3/c1-3-14-6-4-10-22(13-14)20(25)17-7-5-11-23(17)19(24)16-12-15(21)8-9-18(16)26-2/h8-9,12,14,17H,3-7,10-11,13H2,1-2H3/t14-,17+/m0/s1. The highest BCUT2D eigenvalue weighted by Crippen LogP contribution is 2.29. The summed E-state index contributed by atoms with van der Waals surface area (Å²) in [6.45, 7) is 4.38. The lowest BCUT2D eigenvalue weighted by Gasteiger charge is -2.36. The maximum Gasteiger partial charge on any atom is 0.258 e. The van der Waals surface area contributed by atoms with Crippen LogP contribution < -0.4 is 4.74 Å². The third-order valence-corrected chi connectivity index (χ3v) is 5.83. The molecule has 0 aromatic heterocycles. The number of halogens is 1. The maximum atomic E-state index is 13.1. The number of piperidine rings is 1. The van der Waals surface area contributed by atoms with Gasteiger partial charge in [0.15, 0.2) is 0 Å². The summed E-state index contributed by atoms with van der Waals surface area (Å²) in [6.07, 6.45) is 4.90. The summed E-state index contributed by atoms with van der Waals surface area (Å²) < 4.78 is 5.32. The molecule has 2 aliphatic heterocycles. The van der Waals surface area contributed by atoms with E-state index in [2.05, 4.69) is 6.92 Å². The van der Waals surface area contributed by atoms with Crippen LogP contribution in [0.4, 0.5) is 0 Å². The van der Waals surface area contributed by atoms with Crippen LogP contribution >= 0.6 is 11.6 Å². The average molecular weight is 379 g/mol. The van der Waals surface area contributed by atoms with Crippen LogP contribution in [0.5, 0.6) is 5.75 Å². The van der Waals surface area contributed by atoms with E-state index in [1.807, 2.05) is 4.90 Å². The molecule has 0 unspecified atom stereocenters. The molecule has 1 aromatic rings. The SMILES string of the molecule is CC[C@H]1CCCN(C(=O)[C@H]2CCCN2C(=O)c2cc(Cl)ccc2OC)C1. The van der Waals surface area contributed by atoms with Crippen LogP contribution in [0.25, 0.3) is 0 Å². The van der Waals surface area contributed by atoms with Gasteiger partial charge < -0.3 is 14.5 Å². The smallest absolute Gasteiger partial charge is 0.258 e. The molecule has 2 saturated heterocycles. The van der Waals surface area contributed by atoms with Crippen LogP contribution in [-0.4, -0.2) is 54.4 Å². The summed E-state index contributed by atoms with van der Waals surface area (Å²) in [7, 11) is 1.53. The topological polar surface area (TPSA) is 49.9 Å². The van der Waals surface area contributed by atoms with Crippen LogP contribution in [0, 0.1) is 5.92 Å². The fourth-order valence-electron chi connectivity index (χ4n) is 4.08. The Labute approximate surface area is 160 Å². The van der Waals surface area contributed by atoms with Crippen LogP contribution in [0.2, 0.25) is 5.02 Å². The Balaban J connectivity index is 1.78. The van der Waals surface area contributed by atoms with Crippen LogP contribution in [0.1, 0.15) is 49.4 Å². The average Bonchev–Trinajstić information content (AvgIpc) is 3.16. The van der Waals surface area contributed by atoms with E-state index in [1.165, 1.54) is 13.5 Å². The largest absolute Gasteiger partial charge is 0.496 e. The zero-order valence-electron chi connectivity index (χ0n) is 15.5. The van der Waals surface area contributed by atoms with Crippen molar-refractivity contribution in [2.45, 2.75) is 45.1 Å². The Morgan fingerprint density at radius 1 is 1.23 bits per heavy atom. The summed E-state index contributed by atoms with van der Waals surface area (Å²) in [5.74, 6) is 0.979. The van der Waals surface area contributed by atoms with Crippen molar-refractivity contribution in [1.29, 1.82) is 0 Å². The van der Waals surface area contributed by atoms with Gasteiger partial charge in [0, 0.05) is 24.7 Å². The summed E-state index contributed by atoms with van der Waals surface area (Å²) in [5, 5.41) is 0.484. The molecule has 3 rings (SSSR count). The van der Waals surface area contributed by atoms with Crippen LogP contribution in [0.3, 0.4) is 0 Å². The molecule has 0 aliphatic carbocycles. The molecule has 0 saturated carbocycles.